The molecule has 0 aliphatic carbocycles. The van der Waals surface area contributed by atoms with Gasteiger partial charge in [-0.05, 0) is 10.3 Å². The van der Waals surface area contributed by atoms with Gasteiger partial charge in [0.2, 0.25) is 11.5 Å². The summed E-state index contributed by atoms with van der Waals surface area (Å²) in [5.74, 6) is 4.37. The van der Waals surface area contributed by atoms with E-state index >= 15 is 0 Å². The summed E-state index contributed by atoms with van der Waals surface area (Å²) in [6.45, 7) is 0. The lowest BCUT2D eigenvalue weighted by Gasteiger charge is -2.16. The van der Waals surface area contributed by atoms with Crippen LogP contribution in [0.15, 0.2) is 9.15 Å². The molecule has 1 aliphatic heterocycles. The Bertz CT molecular complexity index is 507. The van der Waals surface area contributed by atoms with Crippen LogP contribution < -0.4 is 5.73 Å². The fraction of sp³-hybridized carbons (Fsp3) is 0.500. The number of nitrogen functional groups attached to an aromatic ring is 1. The van der Waals surface area contributed by atoms with Crippen LogP contribution in [0.5, 0.6) is 0 Å². The number of anilines is 1. The molecule has 0 aromatic carbocycles. The van der Waals surface area contributed by atoms with E-state index in [9.17, 15) is 0 Å². The number of rotatable bonds is 2. The molecule has 90 valence electrons. The highest BCUT2D eigenvalue weighted by atomic mass is 32.2. The van der Waals surface area contributed by atoms with Crippen LogP contribution in [0.1, 0.15) is 11.1 Å². The van der Waals surface area contributed by atoms with E-state index in [1.807, 2.05) is 23.5 Å². The summed E-state index contributed by atoms with van der Waals surface area (Å²) in [5, 5.41) is 11.3. The summed E-state index contributed by atoms with van der Waals surface area (Å²) < 4.78 is 9.61. The maximum Gasteiger partial charge on any atom is 0.284 e. The summed E-state index contributed by atoms with van der Waals surface area (Å²) >= 11 is 3.73. The second-order valence-corrected chi connectivity index (χ2v) is 5.85. The van der Waals surface area contributed by atoms with Crippen LogP contribution in [-0.2, 0) is 0 Å². The van der Waals surface area contributed by atoms with Gasteiger partial charge < -0.3 is 10.3 Å². The van der Waals surface area contributed by atoms with Gasteiger partial charge in [0.05, 0.1) is 5.25 Å². The van der Waals surface area contributed by atoms with E-state index in [-0.39, 0.29) is 17.0 Å². The average Bonchev–Trinajstić information content (AvgIpc) is 2.98. The third-order valence-corrected chi connectivity index (χ3v) is 5.01. The van der Waals surface area contributed by atoms with Gasteiger partial charge in [-0.1, -0.05) is 5.16 Å². The van der Waals surface area contributed by atoms with Gasteiger partial charge in [-0.3, -0.25) is 0 Å². The van der Waals surface area contributed by atoms with E-state index in [0.29, 0.717) is 11.5 Å². The standard InChI is InChI=1S/C8H9N5O2S2/c9-6-5(11-15-12-6)8-10-7(13-14-8)4-3-16-1-2-17-4/h4H,1-3H2,(H2,9,12). The zero-order valence-corrected chi connectivity index (χ0v) is 10.3. The lowest BCUT2D eigenvalue weighted by molar-refractivity contribution is 0.308. The molecule has 0 spiro atoms. The SMILES string of the molecule is Nc1nonc1-c1nc(C2CSCCS2)no1. The van der Waals surface area contributed by atoms with E-state index < -0.39 is 0 Å². The van der Waals surface area contributed by atoms with Crippen molar-refractivity contribution < 1.29 is 9.15 Å². The van der Waals surface area contributed by atoms with Crippen molar-refractivity contribution in [3.8, 4) is 11.6 Å². The highest BCUT2D eigenvalue weighted by Crippen LogP contribution is 2.36. The quantitative estimate of drug-likeness (QED) is 0.863. The first-order valence-electron chi connectivity index (χ1n) is 4.96. The van der Waals surface area contributed by atoms with Gasteiger partial charge in [-0.15, -0.1) is 11.8 Å². The van der Waals surface area contributed by atoms with E-state index in [0.717, 1.165) is 11.5 Å². The van der Waals surface area contributed by atoms with Gasteiger partial charge in [-0.2, -0.15) is 16.7 Å². The molecule has 1 saturated heterocycles. The second-order valence-electron chi connectivity index (χ2n) is 3.39. The first kappa shape index (κ1) is 10.9. The molecule has 1 unspecified atom stereocenters. The molecule has 2 aromatic rings. The van der Waals surface area contributed by atoms with Crippen molar-refractivity contribution in [3.05, 3.63) is 5.82 Å². The van der Waals surface area contributed by atoms with Crippen LogP contribution in [-0.4, -0.2) is 37.7 Å². The number of hydrogen-bond acceptors (Lipinski definition) is 9. The molecule has 0 radical (unpaired) electrons. The molecule has 1 atom stereocenters. The second kappa shape index (κ2) is 4.57. The maximum atomic E-state index is 5.56. The molecule has 1 aliphatic rings. The average molecular weight is 271 g/mol. The lowest BCUT2D eigenvalue weighted by Crippen LogP contribution is -2.07. The van der Waals surface area contributed by atoms with Gasteiger partial charge in [0, 0.05) is 17.3 Å². The van der Waals surface area contributed by atoms with Crippen molar-refractivity contribution in [1.29, 1.82) is 0 Å². The van der Waals surface area contributed by atoms with Crippen molar-refractivity contribution in [1.82, 2.24) is 20.5 Å². The molecule has 3 rings (SSSR count). The molecule has 2 N–H and O–H groups in total. The Morgan fingerprint density at radius 2 is 2.18 bits per heavy atom. The summed E-state index contributed by atoms with van der Waals surface area (Å²) in [4.78, 5) is 4.28. The fourth-order valence-corrected chi connectivity index (χ4v) is 4.03. The van der Waals surface area contributed by atoms with Crippen LogP contribution in [0, 0.1) is 0 Å². The Morgan fingerprint density at radius 3 is 2.88 bits per heavy atom. The number of thioether (sulfide) groups is 2. The smallest absolute Gasteiger partial charge is 0.284 e. The van der Waals surface area contributed by atoms with Crippen LogP contribution in [0.4, 0.5) is 5.82 Å². The molecule has 2 aromatic heterocycles. The minimum Gasteiger partial charge on any atom is -0.379 e. The molecule has 17 heavy (non-hydrogen) atoms. The Hall–Kier alpha value is -1.22. The van der Waals surface area contributed by atoms with E-state index in [1.165, 1.54) is 5.75 Å². The van der Waals surface area contributed by atoms with Crippen molar-refractivity contribution in [2.75, 3.05) is 23.0 Å². The predicted molar refractivity (Wildman–Crippen MR) is 64.5 cm³/mol. The highest BCUT2D eigenvalue weighted by Gasteiger charge is 2.24. The molecular formula is C8H9N5O2S2. The minimum atomic E-state index is 0.158. The van der Waals surface area contributed by atoms with E-state index in [1.54, 1.807) is 0 Å². The Labute approximate surface area is 105 Å². The van der Waals surface area contributed by atoms with Crippen molar-refractivity contribution in [3.63, 3.8) is 0 Å². The predicted octanol–water partition coefficient (Wildman–Crippen LogP) is 1.22. The van der Waals surface area contributed by atoms with Crippen molar-refractivity contribution >= 4 is 29.3 Å². The first-order valence-corrected chi connectivity index (χ1v) is 7.16. The third kappa shape index (κ3) is 2.12. The molecule has 7 nitrogen and oxygen atoms in total. The molecular weight excluding hydrogens is 262 g/mol. The van der Waals surface area contributed by atoms with Gasteiger partial charge in [-0.25, -0.2) is 4.63 Å². The Morgan fingerprint density at radius 1 is 1.24 bits per heavy atom. The first-order chi connectivity index (χ1) is 8.34. The Kier molecular flexibility index (Phi) is 2.93. The van der Waals surface area contributed by atoms with Gasteiger partial charge in [0.15, 0.2) is 5.82 Å². The molecule has 0 amide bonds. The summed E-state index contributed by atoms with van der Waals surface area (Å²) in [6, 6.07) is 0. The zero-order chi connectivity index (χ0) is 11.7. The van der Waals surface area contributed by atoms with Crippen molar-refractivity contribution in [2.45, 2.75) is 5.25 Å². The lowest BCUT2D eigenvalue weighted by atomic mass is 10.4. The molecule has 0 bridgehead atoms. The van der Waals surface area contributed by atoms with Gasteiger partial charge >= 0.3 is 0 Å². The highest BCUT2D eigenvalue weighted by molar-refractivity contribution is 8.06. The number of nitrogens with two attached hydrogens (primary N) is 1. The topological polar surface area (TPSA) is 104 Å². The summed E-state index contributed by atoms with van der Waals surface area (Å²) in [6.07, 6.45) is 0. The number of hydrogen-bond donors (Lipinski definition) is 1. The monoisotopic (exact) mass is 271 g/mol. The molecule has 0 saturated carbocycles. The summed E-state index contributed by atoms with van der Waals surface area (Å²) in [5.41, 5.74) is 5.86. The zero-order valence-electron chi connectivity index (χ0n) is 8.70. The largest absolute Gasteiger partial charge is 0.379 e. The van der Waals surface area contributed by atoms with Crippen LogP contribution in [0.2, 0.25) is 0 Å². The normalized spacial score (nSPS) is 20.6. The van der Waals surface area contributed by atoms with E-state index in [4.69, 9.17) is 10.3 Å². The van der Waals surface area contributed by atoms with E-state index in [2.05, 4.69) is 25.1 Å². The minimum absolute atomic E-state index is 0.158. The van der Waals surface area contributed by atoms with Crippen molar-refractivity contribution in [2.24, 2.45) is 0 Å². The molecule has 1 fully saturated rings. The van der Waals surface area contributed by atoms with Gasteiger partial charge in [0.1, 0.15) is 0 Å². The van der Waals surface area contributed by atoms with Gasteiger partial charge in [0.25, 0.3) is 5.89 Å². The van der Waals surface area contributed by atoms with Crippen LogP contribution in [0.25, 0.3) is 11.6 Å². The number of aromatic nitrogens is 4. The molecule has 3 heterocycles. The third-order valence-electron chi connectivity index (χ3n) is 2.26. The molecule has 9 heteroatoms. The fourth-order valence-electron chi connectivity index (χ4n) is 1.44. The summed E-state index contributed by atoms with van der Waals surface area (Å²) in [7, 11) is 0. The maximum absolute atomic E-state index is 5.56. The number of nitrogens with zero attached hydrogens (tertiary/aromatic N) is 4. The Balaban J connectivity index is 1.85. The van der Waals surface area contributed by atoms with Crippen LogP contribution in [0.3, 0.4) is 0 Å². The van der Waals surface area contributed by atoms with Crippen LogP contribution >= 0.6 is 23.5 Å².